The Balaban J connectivity index is 0.000000791. The van der Waals surface area contributed by atoms with Crippen molar-refractivity contribution in [2.75, 3.05) is 20.2 Å². The predicted octanol–water partition coefficient (Wildman–Crippen LogP) is 1.21. The maximum Gasteiger partial charge on any atom is 0.305 e. The van der Waals surface area contributed by atoms with Crippen LogP contribution >= 0.6 is 0 Å². The molecule has 2 unspecified atom stereocenters. The maximum atomic E-state index is 10.5. The summed E-state index contributed by atoms with van der Waals surface area (Å²) in [6.45, 7) is 7.44. The molecule has 0 amide bonds. The summed E-state index contributed by atoms with van der Waals surface area (Å²) in [5, 5.41) is 8.62. The minimum Gasteiger partial charge on any atom is -0.481 e. The van der Waals surface area contributed by atoms with E-state index in [9.17, 15) is 4.79 Å². The highest BCUT2D eigenvalue weighted by Crippen LogP contribution is 2.14. The molecule has 84 valence electrons. The van der Waals surface area contributed by atoms with Crippen LogP contribution in [0.3, 0.4) is 0 Å². The van der Waals surface area contributed by atoms with Crippen LogP contribution in [0.25, 0.3) is 0 Å². The molecule has 1 aliphatic rings. The van der Waals surface area contributed by atoms with E-state index in [0.717, 1.165) is 6.54 Å². The molecule has 4 heteroatoms. The molecule has 0 aliphatic carbocycles. The van der Waals surface area contributed by atoms with Crippen LogP contribution < -0.4 is 0 Å². The molecule has 1 rings (SSSR count). The zero-order chi connectivity index (χ0) is 11.1. The Morgan fingerprint density at radius 1 is 1.57 bits per heavy atom. The maximum absolute atomic E-state index is 10.5. The molecule has 0 aromatic carbocycles. The van der Waals surface area contributed by atoms with Crippen molar-refractivity contribution >= 4 is 5.97 Å². The summed E-state index contributed by atoms with van der Waals surface area (Å²) in [6, 6.07) is 0.0243. The fraction of sp³-hybridized carbons (Fsp3) is 0.900. The third-order valence-electron chi connectivity index (χ3n) is 2.32. The Morgan fingerprint density at radius 3 is 2.57 bits per heavy atom. The quantitative estimate of drug-likeness (QED) is 0.732. The summed E-state index contributed by atoms with van der Waals surface area (Å²) in [4.78, 5) is 12.5. The highest BCUT2D eigenvalue weighted by molar-refractivity contribution is 5.67. The number of carbonyl (C=O) groups is 1. The molecule has 1 aliphatic heterocycles. The highest BCUT2D eigenvalue weighted by atomic mass is 16.5. The van der Waals surface area contributed by atoms with Crippen molar-refractivity contribution in [3.63, 3.8) is 0 Å². The van der Waals surface area contributed by atoms with Gasteiger partial charge in [0.15, 0.2) is 0 Å². The van der Waals surface area contributed by atoms with Gasteiger partial charge in [-0.2, -0.15) is 0 Å². The standard InChI is InChI=1S/C8H15NO3.C2H6/c1-6-7(5-8(10)11)9(2)3-4-12-6;1-2/h6-7H,3-5H2,1-2H3,(H,10,11);1-2H3. The second kappa shape index (κ2) is 6.79. The molecule has 2 atom stereocenters. The van der Waals surface area contributed by atoms with Crippen LogP contribution in [0.4, 0.5) is 0 Å². The molecule has 1 N–H and O–H groups in total. The third kappa shape index (κ3) is 4.07. The van der Waals surface area contributed by atoms with Crippen molar-refractivity contribution in [2.24, 2.45) is 0 Å². The van der Waals surface area contributed by atoms with Crippen molar-refractivity contribution in [2.45, 2.75) is 39.3 Å². The summed E-state index contributed by atoms with van der Waals surface area (Å²) < 4.78 is 5.36. The fourth-order valence-corrected chi connectivity index (χ4v) is 1.52. The zero-order valence-electron chi connectivity index (χ0n) is 9.49. The lowest BCUT2D eigenvalue weighted by atomic mass is 10.1. The van der Waals surface area contributed by atoms with Gasteiger partial charge in [0.2, 0.25) is 0 Å². The van der Waals surface area contributed by atoms with E-state index in [1.165, 1.54) is 0 Å². The first-order valence-corrected chi connectivity index (χ1v) is 5.15. The van der Waals surface area contributed by atoms with E-state index < -0.39 is 5.97 Å². The van der Waals surface area contributed by atoms with Crippen LogP contribution in [0.2, 0.25) is 0 Å². The molecule has 1 saturated heterocycles. The highest BCUT2D eigenvalue weighted by Gasteiger charge is 2.28. The molecule has 0 radical (unpaired) electrons. The molecule has 0 aromatic heterocycles. The average Bonchev–Trinajstić information content (AvgIpc) is 2.15. The number of carboxylic acid groups (broad SMARTS) is 1. The molecule has 0 aromatic rings. The molecular weight excluding hydrogens is 182 g/mol. The number of rotatable bonds is 2. The number of carboxylic acids is 1. The van der Waals surface area contributed by atoms with Crippen LogP contribution in [0, 0.1) is 0 Å². The summed E-state index contributed by atoms with van der Waals surface area (Å²) in [5.74, 6) is -0.760. The van der Waals surface area contributed by atoms with E-state index in [4.69, 9.17) is 9.84 Å². The Labute approximate surface area is 85.9 Å². The Kier molecular flexibility index (Phi) is 6.49. The van der Waals surface area contributed by atoms with E-state index in [-0.39, 0.29) is 18.6 Å². The molecular formula is C10H21NO3. The first-order valence-electron chi connectivity index (χ1n) is 5.15. The van der Waals surface area contributed by atoms with Gasteiger partial charge < -0.3 is 9.84 Å². The SMILES string of the molecule is CC.CC1OCCN(C)C1CC(=O)O. The summed E-state index contributed by atoms with van der Waals surface area (Å²) in [7, 11) is 1.94. The predicted molar refractivity (Wildman–Crippen MR) is 55.4 cm³/mol. The number of likely N-dealkylation sites (N-methyl/N-ethyl adjacent to an activating group) is 1. The first kappa shape index (κ1) is 13.4. The summed E-state index contributed by atoms with van der Waals surface area (Å²) in [5.41, 5.74) is 0. The molecule has 14 heavy (non-hydrogen) atoms. The van der Waals surface area contributed by atoms with Gasteiger partial charge in [-0.15, -0.1) is 0 Å². The average molecular weight is 203 g/mol. The van der Waals surface area contributed by atoms with E-state index in [2.05, 4.69) is 0 Å². The van der Waals surface area contributed by atoms with Gasteiger partial charge in [0.25, 0.3) is 0 Å². The second-order valence-electron chi connectivity index (χ2n) is 3.22. The first-order chi connectivity index (χ1) is 6.61. The Hall–Kier alpha value is -0.610. The zero-order valence-corrected chi connectivity index (χ0v) is 9.49. The van der Waals surface area contributed by atoms with Gasteiger partial charge in [0, 0.05) is 12.6 Å². The van der Waals surface area contributed by atoms with Crippen LogP contribution in [-0.2, 0) is 9.53 Å². The van der Waals surface area contributed by atoms with Crippen molar-refractivity contribution in [1.29, 1.82) is 0 Å². The topological polar surface area (TPSA) is 49.8 Å². The van der Waals surface area contributed by atoms with E-state index in [1.54, 1.807) is 0 Å². The molecule has 1 fully saturated rings. The van der Waals surface area contributed by atoms with Crippen LogP contribution in [0.5, 0.6) is 0 Å². The summed E-state index contributed by atoms with van der Waals surface area (Å²) >= 11 is 0. The fourth-order valence-electron chi connectivity index (χ4n) is 1.52. The van der Waals surface area contributed by atoms with Gasteiger partial charge in [0.05, 0.1) is 19.1 Å². The van der Waals surface area contributed by atoms with Crippen molar-refractivity contribution < 1.29 is 14.6 Å². The van der Waals surface area contributed by atoms with Gasteiger partial charge in [-0.1, -0.05) is 13.8 Å². The van der Waals surface area contributed by atoms with Crippen molar-refractivity contribution in [3.05, 3.63) is 0 Å². The lowest BCUT2D eigenvalue weighted by Gasteiger charge is -2.36. The molecule has 1 heterocycles. The van der Waals surface area contributed by atoms with Gasteiger partial charge in [-0.25, -0.2) is 0 Å². The van der Waals surface area contributed by atoms with Crippen LogP contribution in [-0.4, -0.2) is 48.3 Å². The molecule has 0 saturated carbocycles. The monoisotopic (exact) mass is 203 g/mol. The minimum atomic E-state index is -0.760. The van der Waals surface area contributed by atoms with Crippen molar-refractivity contribution in [1.82, 2.24) is 4.90 Å². The largest absolute Gasteiger partial charge is 0.481 e. The van der Waals surface area contributed by atoms with Gasteiger partial charge in [-0.3, -0.25) is 9.69 Å². The number of hydrogen-bond donors (Lipinski definition) is 1. The smallest absolute Gasteiger partial charge is 0.305 e. The van der Waals surface area contributed by atoms with Gasteiger partial charge in [0.1, 0.15) is 0 Å². The van der Waals surface area contributed by atoms with Gasteiger partial charge in [-0.05, 0) is 14.0 Å². The summed E-state index contributed by atoms with van der Waals surface area (Å²) in [6.07, 6.45) is 0.192. The normalized spacial score (nSPS) is 27.7. The Morgan fingerprint density at radius 2 is 2.14 bits per heavy atom. The number of aliphatic carboxylic acids is 1. The molecule has 4 nitrogen and oxygen atoms in total. The van der Waals surface area contributed by atoms with E-state index in [1.807, 2.05) is 32.7 Å². The lowest BCUT2D eigenvalue weighted by molar-refractivity contribution is -0.141. The van der Waals surface area contributed by atoms with Crippen molar-refractivity contribution in [3.8, 4) is 0 Å². The minimum absolute atomic E-state index is 0.0243. The molecule has 0 bridgehead atoms. The Bertz CT molecular complexity index is 163. The van der Waals surface area contributed by atoms with E-state index in [0.29, 0.717) is 6.61 Å². The van der Waals surface area contributed by atoms with Crippen LogP contribution in [0.1, 0.15) is 27.2 Å². The third-order valence-corrected chi connectivity index (χ3v) is 2.32. The number of ether oxygens (including phenoxy) is 1. The number of morpholine rings is 1. The van der Waals surface area contributed by atoms with E-state index >= 15 is 0 Å². The molecule has 0 spiro atoms. The number of hydrogen-bond acceptors (Lipinski definition) is 3. The van der Waals surface area contributed by atoms with Gasteiger partial charge >= 0.3 is 5.97 Å². The lowest BCUT2D eigenvalue weighted by Crippen LogP contribution is -2.48. The van der Waals surface area contributed by atoms with Crippen LogP contribution in [0.15, 0.2) is 0 Å². The second-order valence-corrected chi connectivity index (χ2v) is 3.22. The number of nitrogens with zero attached hydrogens (tertiary/aromatic N) is 1.